The number of aromatic nitrogens is 1. The summed E-state index contributed by atoms with van der Waals surface area (Å²) in [5.74, 6) is 0.308. The summed E-state index contributed by atoms with van der Waals surface area (Å²) >= 11 is 3.22. The Labute approximate surface area is 122 Å². The standard InChI is InChI=1S/C11H18BrN3O3S/c1-4-9(7-18-3)15-19(16,17)10-5-8(12)6-14-11(10)13-2/h5-6,9,15H,4,7H2,1-3H3,(H,13,14). The maximum absolute atomic E-state index is 12.3. The SMILES string of the molecule is CCC(COC)NS(=O)(=O)c1cc(Br)cnc1NC. The molecule has 1 aromatic heterocycles. The molecule has 0 fully saturated rings. The van der Waals surface area contributed by atoms with Crippen LogP contribution in [-0.2, 0) is 14.8 Å². The van der Waals surface area contributed by atoms with Gasteiger partial charge in [-0.15, -0.1) is 0 Å². The second-order valence-corrected chi connectivity index (χ2v) is 6.53. The largest absolute Gasteiger partial charge is 0.383 e. The number of methoxy groups -OCH3 is 1. The van der Waals surface area contributed by atoms with Crippen molar-refractivity contribution in [2.75, 3.05) is 26.1 Å². The number of ether oxygens (including phenoxy) is 1. The van der Waals surface area contributed by atoms with Crippen LogP contribution in [0.3, 0.4) is 0 Å². The molecule has 1 aromatic rings. The molecule has 0 bridgehead atoms. The number of nitrogens with one attached hydrogen (secondary N) is 2. The monoisotopic (exact) mass is 351 g/mol. The van der Waals surface area contributed by atoms with Crippen LogP contribution in [0, 0.1) is 0 Å². The molecule has 0 aliphatic carbocycles. The summed E-state index contributed by atoms with van der Waals surface area (Å²) in [5, 5.41) is 2.77. The predicted molar refractivity (Wildman–Crippen MR) is 77.8 cm³/mol. The zero-order chi connectivity index (χ0) is 14.5. The van der Waals surface area contributed by atoms with Crippen molar-refractivity contribution in [1.29, 1.82) is 0 Å². The lowest BCUT2D eigenvalue weighted by atomic mass is 10.3. The van der Waals surface area contributed by atoms with E-state index in [1.165, 1.54) is 19.4 Å². The van der Waals surface area contributed by atoms with E-state index in [4.69, 9.17) is 4.74 Å². The van der Waals surface area contributed by atoms with Gasteiger partial charge >= 0.3 is 0 Å². The number of sulfonamides is 1. The molecule has 0 spiro atoms. The van der Waals surface area contributed by atoms with Gasteiger partial charge in [-0.05, 0) is 28.4 Å². The molecule has 0 saturated carbocycles. The average Bonchev–Trinajstić information content (AvgIpc) is 2.38. The van der Waals surface area contributed by atoms with E-state index in [0.29, 0.717) is 23.3 Å². The molecule has 1 rings (SSSR count). The molecule has 8 heteroatoms. The Morgan fingerprint density at radius 1 is 1.53 bits per heavy atom. The predicted octanol–water partition coefficient (Wildman–Crippen LogP) is 1.59. The molecule has 0 amide bonds. The van der Waals surface area contributed by atoms with E-state index in [-0.39, 0.29) is 10.9 Å². The molecule has 0 saturated heterocycles. The summed E-state index contributed by atoms with van der Waals surface area (Å²) in [6.45, 7) is 2.22. The van der Waals surface area contributed by atoms with Gasteiger partial charge < -0.3 is 10.1 Å². The highest BCUT2D eigenvalue weighted by Crippen LogP contribution is 2.22. The minimum absolute atomic E-state index is 0.110. The molecule has 1 unspecified atom stereocenters. The third-order valence-electron chi connectivity index (χ3n) is 2.53. The van der Waals surface area contributed by atoms with E-state index in [0.717, 1.165) is 0 Å². The van der Waals surface area contributed by atoms with E-state index >= 15 is 0 Å². The third kappa shape index (κ3) is 4.41. The minimum atomic E-state index is -3.64. The molecule has 1 atom stereocenters. The lowest BCUT2D eigenvalue weighted by Crippen LogP contribution is -2.37. The van der Waals surface area contributed by atoms with Gasteiger partial charge in [-0.3, -0.25) is 0 Å². The summed E-state index contributed by atoms with van der Waals surface area (Å²) in [7, 11) is -0.479. The Morgan fingerprint density at radius 2 is 2.21 bits per heavy atom. The van der Waals surface area contributed by atoms with Crippen LogP contribution in [0.5, 0.6) is 0 Å². The van der Waals surface area contributed by atoms with Crippen LogP contribution in [0.15, 0.2) is 21.6 Å². The van der Waals surface area contributed by atoms with Gasteiger partial charge in [0.1, 0.15) is 10.7 Å². The second kappa shape index (κ2) is 7.18. The highest BCUT2D eigenvalue weighted by molar-refractivity contribution is 9.10. The lowest BCUT2D eigenvalue weighted by molar-refractivity contribution is 0.173. The molecule has 0 aliphatic heterocycles. The number of anilines is 1. The fraction of sp³-hybridized carbons (Fsp3) is 0.545. The smallest absolute Gasteiger partial charge is 0.244 e. The highest BCUT2D eigenvalue weighted by atomic mass is 79.9. The molecule has 0 aliphatic rings. The Hall–Kier alpha value is -0.700. The van der Waals surface area contributed by atoms with E-state index in [1.807, 2.05) is 6.92 Å². The van der Waals surface area contributed by atoms with Crippen LogP contribution in [0.2, 0.25) is 0 Å². The average molecular weight is 352 g/mol. The molecule has 6 nitrogen and oxygen atoms in total. The fourth-order valence-electron chi connectivity index (χ4n) is 1.53. The van der Waals surface area contributed by atoms with Crippen LogP contribution in [-0.4, -0.2) is 40.2 Å². The molecule has 108 valence electrons. The number of hydrogen-bond acceptors (Lipinski definition) is 5. The van der Waals surface area contributed by atoms with Gasteiger partial charge in [0, 0.05) is 30.9 Å². The lowest BCUT2D eigenvalue weighted by Gasteiger charge is -2.17. The first-order chi connectivity index (χ1) is 8.94. The van der Waals surface area contributed by atoms with Gasteiger partial charge in [0.05, 0.1) is 6.61 Å². The zero-order valence-corrected chi connectivity index (χ0v) is 13.5. The van der Waals surface area contributed by atoms with Gasteiger partial charge in [-0.25, -0.2) is 18.1 Å². The van der Waals surface area contributed by atoms with Gasteiger partial charge in [0.15, 0.2) is 0 Å². The van der Waals surface area contributed by atoms with Crippen molar-refractivity contribution < 1.29 is 13.2 Å². The maximum Gasteiger partial charge on any atom is 0.244 e. The summed E-state index contributed by atoms with van der Waals surface area (Å²) in [6.07, 6.45) is 2.18. The topological polar surface area (TPSA) is 80.3 Å². The van der Waals surface area contributed by atoms with Gasteiger partial charge in [-0.1, -0.05) is 6.92 Å². The van der Waals surface area contributed by atoms with Crippen molar-refractivity contribution in [3.05, 3.63) is 16.7 Å². The molecule has 2 N–H and O–H groups in total. The van der Waals surface area contributed by atoms with Crippen molar-refractivity contribution in [2.24, 2.45) is 0 Å². The van der Waals surface area contributed by atoms with Crippen molar-refractivity contribution in [2.45, 2.75) is 24.3 Å². The van der Waals surface area contributed by atoms with Crippen molar-refractivity contribution >= 4 is 31.8 Å². The van der Waals surface area contributed by atoms with Gasteiger partial charge in [0.2, 0.25) is 10.0 Å². The molecule has 1 heterocycles. The molecular formula is C11H18BrN3O3S. The third-order valence-corrected chi connectivity index (χ3v) is 4.50. The molecular weight excluding hydrogens is 334 g/mol. The van der Waals surface area contributed by atoms with Crippen LogP contribution in [0.25, 0.3) is 0 Å². The number of halogens is 1. The van der Waals surface area contributed by atoms with Crippen LogP contribution in [0.4, 0.5) is 5.82 Å². The maximum atomic E-state index is 12.3. The number of hydrogen-bond donors (Lipinski definition) is 2. The first-order valence-corrected chi connectivity index (χ1v) is 8.06. The van der Waals surface area contributed by atoms with Crippen LogP contribution in [0.1, 0.15) is 13.3 Å². The summed E-state index contributed by atoms with van der Waals surface area (Å²) in [5.41, 5.74) is 0. The van der Waals surface area contributed by atoms with Crippen molar-refractivity contribution in [1.82, 2.24) is 9.71 Å². The normalized spacial score (nSPS) is 13.3. The summed E-state index contributed by atoms with van der Waals surface area (Å²) < 4.78 is 32.9. The Morgan fingerprint density at radius 3 is 2.74 bits per heavy atom. The van der Waals surface area contributed by atoms with Crippen LogP contribution < -0.4 is 10.0 Å². The summed E-state index contributed by atoms with van der Waals surface area (Å²) in [6, 6.07) is 1.25. The molecule has 0 radical (unpaired) electrons. The summed E-state index contributed by atoms with van der Waals surface area (Å²) in [4.78, 5) is 4.14. The highest BCUT2D eigenvalue weighted by Gasteiger charge is 2.23. The first kappa shape index (κ1) is 16.4. The molecule has 0 aromatic carbocycles. The van der Waals surface area contributed by atoms with Gasteiger partial charge in [-0.2, -0.15) is 0 Å². The Balaban J connectivity index is 3.09. The zero-order valence-electron chi connectivity index (χ0n) is 11.1. The fourth-order valence-corrected chi connectivity index (χ4v) is 3.51. The van der Waals surface area contributed by atoms with Crippen LogP contribution >= 0.6 is 15.9 Å². The second-order valence-electron chi connectivity index (χ2n) is 3.93. The van der Waals surface area contributed by atoms with E-state index in [1.54, 1.807) is 7.05 Å². The molecule has 19 heavy (non-hydrogen) atoms. The van der Waals surface area contributed by atoms with E-state index in [2.05, 4.69) is 31.0 Å². The van der Waals surface area contributed by atoms with Crippen molar-refractivity contribution in [3.63, 3.8) is 0 Å². The Kier molecular flexibility index (Phi) is 6.18. The quantitative estimate of drug-likeness (QED) is 0.779. The van der Waals surface area contributed by atoms with E-state index in [9.17, 15) is 8.42 Å². The number of nitrogens with zero attached hydrogens (tertiary/aromatic N) is 1. The Bertz CT molecular complexity index is 522. The minimum Gasteiger partial charge on any atom is -0.383 e. The van der Waals surface area contributed by atoms with E-state index < -0.39 is 10.0 Å². The number of pyridine rings is 1. The first-order valence-electron chi connectivity index (χ1n) is 5.79. The van der Waals surface area contributed by atoms with Crippen molar-refractivity contribution in [3.8, 4) is 0 Å². The number of rotatable bonds is 7. The van der Waals surface area contributed by atoms with Gasteiger partial charge in [0.25, 0.3) is 0 Å².